The Hall–Kier alpha value is -1.95. The van der Waals surface area contributed by atoms with Crippen molar-refractivity contribution in [2.24, 2.45) is 5.73 Å². The summed E-state index contributed by atoms with van der Waals surface area (Å²) >= 11 is 0. The first kappa shape index (κ1) is 18.1. The number of amides is 1. The second-order valence-electron chi connectivity index (χ2n) is 6.19. The third kappa shape index (κ3) is 5.44. The van der Waals surface area contributed by atoms with Crippen LogP contribution in [0.25, 0.3) is 0 Å². The molecule has 0 saturated carbocycles. The molecule has 0 aromatic heterocycles. The molecule has 0 radical (unpaired) electrons. The highest BCUT2D eigenvalue weighted by Gasteiger charge is 2.20. The lowest BCUT2D eigenvalue weighted by Gasteiger charge is -2.21. The number of carbonyl (C=O) groups excluding carboxylic acids is 1. The lowest BCUT2D eigenvalue weighted by molar-refractivity contribution is 0.0635. The molecule has 1 amide bonds. The number of rotatable bonds is 5. The molecule has 0 fully saturated rings. The van der Waals surface area contributed by atoms with Gasteiger partial charge < -0.3 is 19.9 Å². The minimum absolute atomic E-state index is 0.00697. The summed E-state index contributed by atoms with van der Waals surface area (Å²) in [5.74, 6) is 0.980. The number of carbonyl (C=O) groups is 1. The van der Waals surface area contributed by atoms with Crippen LogP contribution in [0, 0.1) is 0 Å². The monoisotopic (exact) mass is 310 g/mol. The lowest BCUT2D eigenvalue weighted by Crippen LogP contribution is -2.27. The van der Waals surface area contributed by atoms with Gasteiger partial charge in [0.2, 0.25) is 0 Å². The normalized spacial score (nSPS) is 12.5. The maximum absolute atomic E-state index is 12.0. The minimum Gasteiger partial charge on any atom is -0.493 e. The van der Waals surface area contributed by atoms with Crippen molar-refractivity contribution < 1.29 is 19.0 Å². The van der Waals surface area contributed by atoms with Gasteiger partial charge in [-0.3, -0.25) is 5.32 Å². The van der Waals surface area contributed by atoms with E-state index in [1.807, 2.05) is 19.1 Å². The first-order valence-corrected chi connectivity index (χ1v) is 7.16. The summed E-state index contributed by atoms with van der Waals surface area (Å²) in [7, 11) is 3.06. The van der Waals surface area contributed by atoms with Crippen LogP contribution in [0.5, 0.6) is 11.5 Å². The highest BCUT2D eigenvalue weighted by molar-refractivity contribution is 5.88. The first-order chi connectivity index (χ1) is 10.2. The average molecular weight is 310 g/mol. The molecular formula is C16H26N2O4. The Morgan fingerprint density at radius 2 is 1.91 bits per heavy atom. The Morgan fingerprint density at radius 1 is 1.27 bits per heavy atom. The molecule has 0 aliphatic carbocycles. The summed E-state index contributed by atoms with van der Waals surface area (Å²) in [5.41, 5.74) is 6.69. The summed E-state index contributed by atoms with van der Waals surface area (Å²) in [6.07, 6.45) is 0.106. The van der Waals surface area contributed by atoms with Gasteiger partial charge in [-0.25, -0.2) is 4.79 Å². The molecule has 0 aliphatic rings. The Morgan fingerprint density at radius 3 is 2.36 bits per heavy atom. The minimum atomic E-state index is -0.579. The van der Waals surface area contributed by atoms with E-state index in [-0.39, 0.29) is 6.04 Å². The Balaban J connectivity index is 3.11. The molecule has 0 saturated heterocycles. The highest BCUT2D eigenvalue weighted by Crippen LogP contribution is 2.37. The molecule has 0 bridgehead atoms. The number of ether oxygens (including phenoxy) is 3. The van der Waals surface area contributed by atoms with E-state index in [1.54, 1.807) is 27.9 Å². The van der Waals surface area contributed by atoms with Crippen LogP contribution < -0.4 is 20.5 Å². The second-order valence-corrected chi connectivity index (χ2v) is 6.19. The molecule has 0 heterocycles. The first-order valence-electron chi connectivity index (χ1n) is 7.16. The summed E-state index contributed by atoms with van der Waals surface area (Å²) in [6.45, 7) is 7.32. The van der Waals surface area contributed by atoms with Crippen LogP contribution in [0.4, 0.5) is 10.5 Å². The van der Waals surface area contributed by atoms with Crippen molar-refractivity contribution in [3.8, 4) is 11.5 Å². The summed E-state index contributed by atoms with van der Waals surface area (Å²) < 4.78 is 15.9. The van der Waals surface area contributed by atoms with Crippen molar-refractivity contribution in [1.29, 1.82) is 0 Å². The molecule has 3 N–H and O–H groups in total. The second kappa shape index (κ2) is 7.35. The zero-order chi connectivity index (χ0) is 16.9. The molecule has 0 unspecified atom stereocenters. The third-order valence-corrected chi connectivity index (χ3v) is 2.73. The van der Waals surface area contributed by atoms with Gasteiger partial charge in [0.1, 0.15) is 5.60 Å². The maximum atomic E-state index is 12.0. The van der Waals surface area contributed by atoms with Crippen molar-refractivity contribution in [3.05, 3.63) is 17.7 Å². The largest absolute Gasteiger partial charge is 0.493 e. The van der Waals surface area contributed by atoms with Crippen LogP contribution in [-0.4, -0.2) is 32.0 Å². The number of hydrogen-bond donors (Lipinski definition) is 2. The van der Waals surface area contributed by atoms with Crippen LogP contribution in [0.15, 0.2) is 12.1 Å². The van der Waals surface area contributed by atoms with E-state index >= 15 is 0 Å². The van der Waals surface area contributed by atoms with Crippen molar-refractivity contribution in [2.75, 3.05) is 19.5 Å². The molecule has 1 aromatic carbocycles. The van der Waals surface area contributed by atoms with Crippen LogP contribution >= 0.6 is 0 Å². The molecule has 22 heavy (non-hydrogen) atoms. The molecule has 1 rings (SSSR count). The SMILES string of the molecule is COc1cc(C[C@H](C)N)cc(NC(=O)OC(C)(C)C)c1OC. The number of nitrogens with two attached hydrogens (primary N) is 1. The van der Waals surface area contributed by atoms with E-state index in [2.05, 4.69) is 5.32 Å². The van der Waals surface area contributed by atoms with Crippen molar-refractivity contribution in [2.45, 2.75) is 45.8 Å². The van der Waals surface area contributed by atoms with Gasteiger partial charge in [0, 0.05) is 6.04 Å². The van der Waals surface area contributed by atoms with Crippen LogP contribution in [0.3, 0.4) is 0 Å². The van der Waals surface area contributed by atoms with Crippen molar-refractivity contribution in [1.82, 2.24) is 0 Å². The van der Waals surface area contributed by atoms with Gasteiger partial charge in [0.15, 0.2) is 11.5 Å². The van der Waals surface area contributed by atoms with Gasteiger partial charge in [-0.05, 0) is 51.8 Å². The highest BCUT2D eigenvalue weighted by atomic mass is 16.6. The van der Waals surface area contributed by atoms with Gasteiger partial charge in [0.25, 0.3) is 0 Å². The summed E-state index contributed by atoms with van der Waals surface area (Å²) in [5, 5.41) is 2.70. The number of hydrogen-bond acceptors (Lipinski definition) is 5. The molecule has 1 aromatic rings. The topological polar surface area (TPSA) is 82.8 Å². The zero-order valence-corrected chi connectivity index (χ0v) is 14.1. The molecule has 0 aliphatic heterocycles. The predicted octanol–water partition coefficient (Wildman–Crippen LogP) is 2.94. The quantitative estimate of drug-likeness (QED) is 0.873. The smallest absolute Gasteiger partial charge is 0.412 e. The molecule has 1 atom stereocenters. The lowest BCUT2D eigenvalue weighted by atomic mass is 10.1. The fraction of sp³-hybridized carbons (Fsp3) is 0.562. The van der Waals surface area contributed by atoms with E-state index < -0.39 is 11.7 Å². The third-order valence-electron chi connectivity index (χ3n) is 2.73. The standard InChI is InChI=1S/C16H26N2O4/c1-10(17)7-11-8-12(14(21-6)13(9-11)20-5)18-15(19)22-16(2,3)4/h8-10H,7,17H2,1-6H3,(H,18,19)/t10-/m0/s1. The van der Waals surface area contributed by atoms with Gasteiger partial charge in [-0.2, -0.15) is 0 Å². The fourth-order valence-corrected chi connectivity index (χ4v) is 2.02. The Kier molecular flexibility index (Phi) is 6.05. The van der Waals surface area contributed by atoms with Gasteiger partial charge in [-0.1, -0.05) is 0 Å². The maximum Gasteiger partial charge on any atom is 0.412 e. The zero-order valence-electron chi connectivity index (χ0n) is 14.1. The Labute approximate surface area is 131 Å². The molecular weight excluding hydrogens is 284 g/mol. The van der Waals surface area contributed by atoms with Crippen molar-refractivity contribution >= 4 is 11.8 Å². The number of anilines is 1. The molecule has 0 spiro atoms. The van der Waals surface area contributed by atoms with Gasteiger partial charge in [-0.15, -0.1) is 0 Å². The van der Waals surface area contributed by atoms with Crippen molar-refractivity contribution in [3.63, 3.8) is 0 Å². The van der Waals surface area contributed by atoms with Crippen LogP contribution in [0.1, 0.15) is 33.3 Å². The molecule has 124 valence electrons. The average Bonchev–Trinajstić information content (AvgIpc) is 2.34. The fourth-order valence-electron chi connectivity index (χ4n) is 2.02. The Bertz CT molecular complexity index is 522. The van der Waals surface area contributed by atoms with E-state index in [9.17, 15) is 4.79 Å². The number of benzene rings is 1. The summed E-state index contributed by atoms with van der Waals surface area (Å²) in [4.78, 5) is 12.0. The van der Waals surface area contributed by atoms with E-state index in [0.29, 0.717) is 23.6 Å². The molecule has 6 nitrogen and oxygen atoms in total. The summed E-state index contributed by atoms with van der Waals surface area (Å²) in [6, 6.07) is 3.66. The van der Waals surface area contributed by atoms with Crippen LogP contribution in [0.2, 0.25) is 0 Å². The molecule has 6 heteroatoms. The van der Waals surface area contributed by atoms with E-state index in [0.717, 1.165) is 5.56 Å². The van der Waals surface area contributed by atoms with Crippen LogP contribution in [-0.2, 0) is 11.2 Å². The van der Waals surface area contributed by atoms with Gasteiger partial charge >= 0.3 is 6.09 Å². The van der Waals surface area contributed by atoms with Gasteiger partial charge in [0.05, 0.1) is 19.9 Å². The number of nitrogens with one attached hydrogen (secondary N) is 1. The predicted molar refractivity (Wildman–Crippen MR) is 86.8 cm³/mol. The van der Waals surface area contributed by atoms with E-state index in [4.69, 9.17) is 19.9 Å². The van der Waals surface area contributed by atoms with E-state index in [1.165, 1.54) is 7.11 Å². The number of methoxy groups -OCH3 is 2.